The fourth-order valence-corrected chi connectivity index (χ4v) is 10.5. The summed E-state index contributed by atoms with van der Waals surface area (Å²) in [5.74, 6) is 0. The summed E-state index contributed by atoms with van der Waals surface area (Å²) >= 11 is -1.62. The van der Waals surface area contributed by atoms with Gasteiger partial charge < -0.3 is 0 Å². The number of hydrogen-bond acceptors (Lipinski definition) is 2. The van der Waals surface area contributed by atoms with Gasteiger partial charge >= 0.3 is 113 Å². The zero-order valence-corrected chi connectivity index (χ0v) is 16.2. The van der Waals surface area contributed by atoms with E-state index in [2.05, 4.69) is 0 Å². The Morgan fingerprint density at radius 2 is 1.94 bits per heavy atom. The minimum atomic E-state index is -1.62. The molecule has 0 radical (unpaired) electrons. The fraction of sp³-hybridized carbons (Fsp3) is 0.500. The molecular formula is C12H17ClHgO2. The monoisotopic (exact) mass is 430 g/mol. The Morgan fingerprint density at radius 3 is 2.31 bits per heavy atom. The summed E-state index contributed by atoms with van der Waals surface area (Å²) in [6, 6.07) is 9.99. The van der Waals surface area contributed by atoms with E-state index in [0.717, 1.165) is 5.56 Å². The molecule has 3 atom stereocenters. The Labute approximate surface area is 113 Å². The van der Waals surface area contributed by atoms with E-state index in [1.54, 1.807) is 14.0 Å². The van der Waals surface area contributed by atoms with Gasteiger partial charge in [0.2, 0.25) is 0 Å². The minimum absolute atomic E-state index is 0.0848. The maximum atomic E-state index is 9.83. The van der Waals surface area contributed by atoms with Crippen molar-refractivity contribution >= 4 is 8.25 Å². The molecule has 86 valence electrons. The second kappa shape index (κ2) is 6.34. The van der Waals surface area contributed by atoms with Crippen LogP contribution in [0.4, 0.5) is 0 Å². The summed E-state index contributed by atoms with van der Waals surface area (Å²) in [7, 11) is 7.84. The molecule has 1 aromatic carbocycles. The van der Waals surface area contributed by atoms with Gasteiger partial charge in [-0.2, -0.15) is 0 Å². The Morgan fingerprint density at radius 1 is 1.38 bits per heavy atom. The van der Waals surface area contributed by atoms with Gasteiger partial charge in [0.25, 0.3) is 0 Å². The third-order valence-corrected chi connectivity index (χ3v) is 13.1. The van der Waals surface area contributed by atoms with Gasteiger partial charge in [0, 0.05) is 0 Å². The van der Waals surface area contributed by atoms with Crippen LogP contribution in [-0.4, -0.2) is 18.3 Å². The van der Waals surface area contributed by atoms with Crippen LogP contribution < -0.4 is 0 Å². The van der Waals surface area contributed by atoms with Crippen molar-refractivity contribution < 1.29 is 33.2 Å². The Hall–Kier alpha value is 0.365. The molecule has 0 saturated carbocycles. The second-order valence-electron chi connectivity index (χ2n) is 4.18. The summed E-state index contributed by atoms with van der Waals surface area (Å²) in [6.45, 7) is 3.81. The van der Waals surface area contributed by atoms with Gasteiger partial charge in [-0.25, -0.2) is 0 Å². The molecule has 0 saturated heterocycles. The number of methoxy groups -OCH3 is 1. The van der Waals surface area contributed by atoms with E-state index in [-0.39, 0.29) is 3.43 Å². The topological polar surface area (TPSA) is 29.5 Å². The van der Waals surface area contributed by atoms with E-state index in [1.807, 2.05) is 37.3 Å². The van der Waals surface area contributed by atoms with Crippen LogP contribution in [0.15, 0.2) is 30.3 Å². The number of hydrogen-bond donors (Lipinski definition) is 1. The third kappa shape index (κ3) is 2.98. The van der Waals surface area contributed by atoms with Crippen LogP contribution in [0.2, 0.25) is 3.43 Å². The number of halogens is 1. The van der Waals surface area contributed by atoms with Crippen molar-refractivity contribution in [3.05, 3.63) is 35.9 Å². The molecular weight excluding hydrogens is 412 g/mol. The Bertz CT molecular complexity index is 318. The molecule has 1 N–H and O–H groups in total. The molecule has 0 aromatic heterocycles. The predicted octanol–water partition coefficient (Wildman–Crippen LogP) is 2.95. The molecule has 0 fully saturated rings. The summed E-state index contributed by atoms with van der Waals surface area (Å²) in [5.41, 5.74) is 0.627. The van der Waals surface area contributed by atoms with Gasteiger partial charge in [-0.3, -0.25) is 0 Å². The Kier molecular flexibility index (Phi) is 5.72. The van der Waals surface area contributed by atoms with E-state index in [1.165, 1.54) is 0 Å². The van der Waals surface area contributed by atoms with Crippen LogP contribution in [0.3, 0.4) is 0 Å². The number of benzene rings is 1. The third-order valence-electron chi connectivity index (χ3n) is 3.23. The number of aliphatic hydroxyl groups is 1. The van der Waals surface area contributed by atoms with Crippen molar-refractivity contribution in [1.29, 1.82) is 0 Å². The predicted molar refractivity (Wildman–Crippen MR) is 62.1 cm³/mol. The maximum absolute atomic E-state index is 9.83. The molecule has 0 aliphatic rings. The van der Waals surface area contributed by atoms with Crippen molar-refractivity contribution in [2.45, 2.75) is 29.0 Å². The molecule has 0 aliphatic carbocycles. The number of ether oxygens (including phenoxy) is 1. The first-order chi connectivity index (χ1) is 7.56. The molecule has 0 bridgehead atoms. The summed E-state index contributed by atoms with van der Waals surface area (Å²) < 4.78 is 5.73. The van der Waals surface area contributed by atoms with Gasteiger partial charge in [-0.15, -0.1) is 0 Å². The van der Waals surface area contributed by atoms with Crippen molar-refractivity contribution in [1.82, 2.24) is 0 Å². The first-order valence-corrected chi connectivity index (χ1v) is 15.3. The summed E-state index contributed by atoms with van der Waals surface area (Å²) in [4.78, 5) is 0. The fourth-order valence-electron chi connectivity index (χ4n) is 1.99. The molecule has 4 heteroatoms. The van der Waals surface area contributed by atoms with Crippen LogP contribution in [0.25, 0.3) is 0 Å². The van der Waals surface area contributed by atoms with Crippen LogP contribution >= 0.6 is 8.25 Å². The van der Waals surface area contributed by atoms with E-state index < -0.39 is 35.0 Å². The van der Waals surface area contributed by atoms with Crippen molar-refractivity contribution in [2.24, 2.45) is 0 Å². The quantitative estimate of drug-likeness (QED) is 0.730. The van der Waals surface area contributed by atoms with Crippen LogP contribution in [-0.2, 0) is 33.7 Å². The van der Waals surface area contributed by atoms with E-state index in [4.69, 9.17) is 13.0 Å². The summed E-state index contributed by atoms with van der Waals surface area (Å²) in [6.07, 6.45) is -0.413. The van der Waals surface area contributed by atoms with Crippen molar-refractivity contribution in [3.63, 3.8) is 0 Å². The number of rotatable bonds is 5. The first kappa shape index (κ1) is 14.4. The molecule has 0 spiro atoms. The molecule has 2 nitrogen and oxygen atoms in total. The van der Waals surface area contributed by atoms with Gasteiger partial charge in [-0.05, 0) is 0 Å². The Balaban J connectivity index is 3.10. The van der Waals surface area contributed by atoms with Crippen LogP contribution in [0, 0.1) is 0 Å². The summed E-state index contributed by atoms with van der Waals surface area (Å²) in [5, 5.41) is 9.83. The van der Waals surface area contributed by atoms with Gasteiger partial charge in [0.15, 0.2) is 0 Å². The van der Waals surface area contributed by atoms with Gasteiger partial charge in [-0.1, -0.05) is 0 Å². The second-order valence-corrected chi connectivity index (χ2v) is 11.5. The molecule has 1 aromatic rings. The molecule has 0 unspecified atom stereocenters. The normalized spacial score (nSPS) is 18.3. The van der Waals surface area contributed by atoms with E-state index in [9.17, 15) is 5.11 Å². The van der Waals surface area contributed by atoms with E-state index >= 15 is 0 Å². The van der Waals surface area contributed by atoms with Crippen LogP contribution in [0.5, 0.6) is 0 Å². The average molecular weight is 429 g/mol. The molecule has 0 heterocycles. The van der Waals surface area contributed by atoms with Crippen molar-refractivity contribution in [3.8, 4) is 0 Å². The first-order valence-electron chi connectivity index (χ1n) is 5.41. The molecule has 0 aliphatic heterocycles. The van der Waals surface area contributed by atoms with Gasteiger partial charge in [0.05, 0.1) is 0 Å². The van der Waals surface area contributed by atoms with E-state index in [0.29, 0.717) is 0 Å². The SMILES string of the molecule is CO[C@@](C)(c1ccccc1)[C@H]([Hg][Cl])[C@H](C)O. The molecule has 1 rings (SSSR count). The van der Waals surface area contributed by atoms with Gasteiger partial charge in [0.1, 0.15) is 0 Å². The van der Waals surface area contributed by atoms with Crippen LogP contribution in [0.1, 0.15) is 19.4 Å². The standard InChI is InChI=1S/C12H17O2.ClH.Hg/c1-10(13)9-12(2,14-3)11-7-5-4-6-8-11;;/h4-10,13H,1-3H3;1H;/q;;+1/p-1/t10-,12+;;/m0../s1. The molecule has 0 amide bonds. The zero-order valence-electron chi connectivity index (χ0n) is 9.98. The number of aliphatic hydroxyl groups excluding tert-OH is 1. The average Bonchev–Trinajstić information content (AvgIpc) is 2.30. The zero-order chi connectivity index (χ0) is 12.2. The van der Waals surface area contributed by atoms with Crippen molar-refractivity contribution in [2.75, 3.05) is 7.11 Å². The molecule has 16 heavy (non-hydrogen) atoms.